The van der Waals surface area contributed by atoms with Gasteiger partial charge in [0.25, 0.3) is 0 Å². The van der Waals surface area contributed by atoms with Gasteiger partial charge in [0.1, 0.15) is 18.4 Å². The normalized spacial score (nSPS) is 11.4. The summed E-state index contributed by atoms with van der Waals surface area (Å²) in [6.07, 6.45) is -1.19. The fraction of sp³-hybridized carbons (Fsp3) is 0.300. The van der Waals surface area contributed by atoms with E-state index in [-0.39, 0.29) is 13.0 Å². The number of amides is 2. The van der Waals surface area contributed by atoms with Crippen molar-refractivity contribution in [3.63, 3.8) is 0 Å². The van der Waals surface area contributed by atoms with Crippen LogP contribution < -0.4 is 15.4 Å². The number of hydrogen-bond acceptors (Lipinski definition) is 6. The zero-order valence-electron chi connectivity index (χ0n) is 16.4. The number of nitrogens with one attached hydrogen (secondary N) is 2. The van der Waals surface area contributed by atoms with Crippen molar-refractivity contribution in [1.29, 1.82) is 0 Å². The van der Waals surface area contributed by atoms with E-state index >= 15 is 0 Å². The molecule has 0 aliphatic rings. The van der Waals surface area contributed by atoms with Crippen molar-refractivity contribution in [2.24, 2.45) is 0 Å². The molecule has 0 radical (unpaired) electrons. The van der Waals surface area contributed by atoms with E-state index in [1.165, 1.54) is 0 Å². The molecule has 2 amide bonds. The van der Waals surface area contributed by atoms with Crippen LogP contribution in [0.15, 0.2) is 48.5 Å². The lowest BCUT2D eigenvalue weighted by Crippen LogP contribution is -2.43. The van der Waals surface area contributed by atoms with Gasteiger partial charge in [-0.25, -0.2) is 0 Å². The first-order chi connectivity index (χ1) is 13.9. The Morgan fingerprint density at radius 3 is 2.45 bits per heavy atom. The third-order valence-corrected chi connectivity index (χ3v) is 4.09. The summed E-state index contributed by atoms with van der Waals surface area (Å²) in [5.41, 5.74) is 2.75. The highest BCUT2D eigenvalue weighted by Gasteiger charge is 2.21. The lowest BCUT2D eigenvalue weighted by atomic mass is 10.1. The van der Waals surface area contributed by atoms with Crippen LogP contribution in [0.1, 0.15) is 23.1 Å². The van der Waals surface area contributed by atoms with Gasteiger partial charge in [-0.1, -0.05) is 42.0 Å². The summed E-state index contributed by atoms with van der Waals surface area (Å²) >= 11 is 0. The molecule has 0 saturated heterocycles. The maximum atomic E-state index is 12.2. The number of ether oxygens (including phenoxy) is 1. The minimum absolute atomic E-state index is 0.217. The van der Waals surface area contributed by atoms with E-state index in [4.69, 9.17) is 19.4 Å². The maximum absolute atomic E-state index is 12.2. The topological polar surface area (TPSA) is 117 Å². The minimum Gasteiger partial charge on any atom is -0.497 e. The highest BCUT2D eigenvalue weighted by atomic mass is 16.6. The first kappa shape index (κ1) is 22.4. The smallest absolute Gasteiger partial charge is 0.497 e. The lowest BCUT2D eigenvalue weighted by molar-refractivity contribution is -0.130. The minimum atomic E-state index is -2.05. The summed E-state index contributed by atoms with van der Waals surface area (Å²) in [4.78, 5) is 24.2. The molecule has 0 spiro atoms. The van der Waals surface area contributed by atoms with Crippen LogP contribution in [0, 0.1) is 6.92 Å². The second-order valence-electron chi connectivity index (χ2n) is 6.51. The summed E-state index contributed by atoms with van der Waals surface area (Å²) in [5.74, 6) is -0.386. The third kappa shape index (κ3) is 8.35. The van der Waals surface area contributed by atoms with Crippen LogP contribution in [0.4, 0.5) is 0 Å². The molecule has 0 bridgehead atoms. The molecule has 0 unspecified atom stereocenters. The number of carbonyl (C=O) groups excluding carboxylic acids is 2. The van der Waals surface area contributed by atoms with Crippen molar-refractivity contribution in [3.05, 3.63) is 65.2 Å². The van der Waals surface area contributed by atoms with E-state index in [1.54, 1.807) is 25.3 Å². The first-order valence-corrected chi connectivity index (χ1v) is 9.12. The van der Waals surface area contributed by atoms with Gasteiger partial charge in [0.05, 0.1) is 7.11 Å². The third-order valence-electron chi connectivity index (χ3n) is 4.09. The van der Waals surface area contributed by atoms with Gasteiger partial charge in [0.2, 0.25) is 11.8 Å². The summed E-state index contributed by atoms with van der Waals surface area (Å²) in [5, 5.41) is 23.3. The molecule has 0 fully saturated rings. The highest BCUT2D eigenvalue weighted by Crippen LogP contribution is 2.12. The second kappa shape index (κ2) is 11.2. The van der Waals surface area contributed by atoms with Crippen LogP contribution in [0.25, 0.3) is 0 Å². The molecule has 8 nitrogen and oxygen atoms in total. The Hall–Kier alpha value is -2.88. The quantitative estimate of drug-likeness (QED) is 0.265. The number of hydrogen-bond donors (Lipinski definition) is 4. The molecule has 4 N–H and O–H groups in total. The Kier molecular flexibility index (Phi) is 8.66. The second-order valence-corrected chi connectivity index (χ2v) is 6.51. The standard InChI is InChI=1S/C20H25BN2O6/c1-14-6-8-15(9-7-14)11-20(29-21(26)27)23-19(25)12-18(24)22-13-16-4-3-5-17(10-16)28-2/h3-10,20,26-27H,11-13H2,1-2H3,(H,22,24)(H,23,25)/t20-/m1/s1. The van der Waals surface area contributed by atoms with Crippen LogP contribution >= 0.6 is 0 Å². The molecule has 2 rings (SSSR count). The van der Waals surface area contributed by atoms with Gasteiger partial charge >= 0.3 is 7.32 Å². The molecule has 0 heterocycles. The van der Waals surface area contributed by atoms with Gasteiger partial charge in [-0.2, -0.15) is 0 Å². The highest BCUT2D eigenvalue weighted by molar-refractivity contribution is 6.32. The average Bonchev–Trinajstić information content (AvgIpc) is 2.67. The van der Waals surface area contributed by atoms with Crippen molar-refractivity contribution in [3.8, 4) is 5.75 Å². The Balaban J connectivity index is 1.85. The van der Waals surface area contributed by atoms with Gasteiger partial charge in [-0.15, -0.1) is 0 Å². The van der Waals surface area contributed by atoms with Crippen LogP contribution in [0.3, 0.4) is 0 Å². The van der Waals surface area contributed by atoms with Crippen molar-refractivity contribution < 1.29 is 29.0 Å². The number of methoxy groups -OCH3 is 1. The van der Waals surface area contributed by atoms with E-state index < -0.39 is 31.8 Å². The zero-order valence-corrected chi connectivity index (χ0v) is 16.4. The largest absolute Gasteiger partial charge is 0.635 e. The summed E-state index contributed by atoms with van der Waals surface area (Å²) < 4.78 is 10.1. The summed E-state index contributed by atoms with van der Waals surface area (Å²) in [6.45, 7) is 2.20. The molecule has 9 heteroatoms. The van der Waals surface area contributed by atoms with Crippen molar-refractivity contribution in [2.75, 3.05) is 7.11 Å². The number of carbonyl (C=O) groups is 2. The monoisotopic (exact) mass is 400 g/mol. The summed E-state index contributed by atoms with van der Waals surface area (Å²) in [7, 11) is -0.492. The van der Waals surface area contributed by atoms with Gasteiger partial charge in [-0.05, 0) is 30.2 Å². The molecule has 1 atom stereocenters. The molecule has 0 aliphatic carbocycles. The van der Waals surface area contributed by atoms with Gasteiger partial charge in [0.15, 0.2) is 0 Å². The molecule has 2 aromatic carbocycles. The van der Waals surface area contributed by atoms with E-state index in [2.05, 4.69) is 10.6 Å². The fourth-order valence-electron chi connectivity index (χ4n) is 2.64. The molecule has 0 aromatic heterocycles. The van der Waals surface area contributed by atoms with E-state index in [1.807, 2.05) is 37.3 Å². The van der Waals surface area contributed by atoms with Crippen LogP contribution in [0.5, 0.6) is 5.75 Å². The molecule has 154 valence electrons. The Labute approximate surface area is 170 Å². The van der Waals surface area contributed by atoms with Gasteiger partial charge in [0, 0.05) is 13.0 Å². The fourth-order valence-corrected chi connectivity index (χ4v) is 2.64. The average molecular weight is 400 g/mol. The number of aryl methyl sites for hydroxylation is 1. The van der Waals surface area contributed by atoms with Crippen molar-refractivity contribution in [2.45, 2.75) is 32.5 Å². The van der Waals surface area contributed by atoms with Crippen LogP contribution in [-0.4, -0.2) is 42.5 Å². The van der Waals surface area contributed by atoms with Gasteiger partial charge < -0.3 is 30.1 Å². The molecule has 29 heavy (non-hydrogen) atoms. The summed E-state index contributed by atoms with van der Waals surface area (Å²) in [6, 6.07) is 14.7. The predicted octanol–water partition coefficient (Wildman–Crippen LogP) is 0.681. The zero-order chi connectivity index (χ0) is 21.2. The number of rotatable bonds is 10. The van der Waals surface area contributed by atoms with E-state index in [9.17, 15) is 9.59 Å². The predicted molar refractivity (Wildman–Crippen MR) is 108 cm³/mol. The van der Waals surface area contributed by atoms with Crippen molar-refractivity contribution in [1.82, 2.24) is 10.6 Å². The van der Waals surface area contributed by atoms with Gasteiger partial charge in [-0.3, -0.25) is 9.59 Å². The van der Waals surface area contributed by atoms with Crippen LogP contribution in [0.2, 0.25) is 0 Å². The Morgan fingerprint density at radius 2 is 1.79 bits per heavy atom. The van der Waals surface area contributed by atoms with E-state index in [0.717, 1.165) is 16.7 Å². The molecule has 0 aliphatic heterocycles. The molecular weight excluding hydrogens is 375 g/mol. The molecular formula is C20H25BN2O6. The van der Waals surface area contributed by atoms with Crippen molar-refractivity contribution >= 4 is 19.1 Å². The molecule has 2 aromatic rings. The Morgan fingerprint density at radius 1 is 1.07 bits per heavy atom. The SMILES string of the molecule is COc1cccc(CNC(=O)CC(=O)N[C@@H](Cc2ccc(C)cc2)OB(O)O)c1. The maximum Gasteiger partial charge on any atom is 0.635 e. The van der Waals surface area contributed by atoms with Crippen LogP contribution in [-0.2, 0) is 27.2 Å². The first-order valence-electron chi connectivity index (χ1n) is 9.12. The molecule has 0 saturated carbocycles. The number of benzene rings is 2. The Bertz CT molecular complexity index is 813. The lowest BCUT2D eigenvalue weighted by Gasteiger charge is -2.19. The van der Waals surface area contributed by atoms with E-state index in [0.29, 0.717) is 5.75 Å².